The van der Waals surface area contributed by atoms with E-state index in [4.69, 9.17) is 0 Å². The molecule has 0 aliphatic carbocycles. The molecule has 0 N–H and O–H groups in total. The fraction of sp³-hybridized carbons (Fsp3) is 0.250. The van der Waals surface area contributed by atoms with Crippen molar-refractivity contribution in [2.24, 2.45) is 0 Å². The Kier molecular flexibility index (Phi) is 2.58. The van der Waals surface area contributed by atoms with E-state index in [-0.39, 0.29) is 8.46 Å². The topological polar surface area (TPSA) is 17.1 Å². The molecule has 0 aliphatic rings. The molecule has 0 saturated carbocycles. The van der Waals surface area contributed by atoms with Gasteiger partial charge in [0.2, 0.25) is 0 Å². The fourth-order valence-electron chi connectivity index (χ4n) is 0.899. The van der Waals surface area contributed by atoms with Gasteiger partial charge in [-0.15, -0.1) is 0 Å². The molecule has 0 bridgehead atoms. The number of rotatable bonds is 2. The van der Waals surface area contributed by atoms with Gasteiger partial charge in [0.15, 0.2) is 8.46 Å². The lowest BCUT2D eigenvalue weighted by Crippen LogP contribution is -1.98. The first-order valence-corrected chi connectivity index (χ1v) is 4.11. The molecule has 0 radical (unpaired) electrons. The van der Waals surface area contributed by atoms with Crippen molar-refractivity contribution in [3.63, 3.8) is 0 Å². The van der Waals surface area contributed by atoms with E-state index < -0.39 is 0 Å². The Hall–Kier alpha value is -0.680. The summed E-state index contributed by atoms with van der Waals surface area (Å²) in [5.41, 5.74) is 1.17. The van der Waals surface area contributed by atoms with Crippen LogP contribution in [0, 0.1) is 0 Å². The molecule has 0 aliphatic heterocycles. The van der Waals surface area contributed by atoms with Crippen LogP contribution in [0.25, 0.3) is 0 Å². The molecule has 0 aromatic heterocycles. The van der Waals surface area contributed by atoms with E-state index >= 15 is 0 Å². The second-order valence-corrected chi connectivity index (χ2v) is 2.74. The van der Waals surface area contributed by atoms with Crippen LogP contribution < -0.4 is 5.30 Å². The molecule has 0 amide bonds. The lowest BCUT2D eigenvalue weighted by molar-refractivity contribution is 0.603. The predicted molar refractivity (Wildman–Crippen MR) is 43.1 cm³/mol. The molecular formula is C8H9OP. The van der Waals surface area contributed by atoms with Gasteiger partial charge < -0.3 is 0 Å². The van der Waals surface area contributed by atoms with Gasteiger partial charge in [0.25, 0.3) is 0 Å². The maximum atomic E-state index is 10.5. The average Bonchev–Trinajstić information content (AvgIpc) is 2.04. The summed E-state index contributed by atoms with van der Waals surface area (Å²) in [5.74, 6) is 0. The summed E-state index contributed by atoms with van der Waals surface area (Å²) in [7, 11) is 0.128. The van der Waals surface area contributed by atoms with Crippen LogP contribution in [-0.4, -0.2) is 0 Å². The van der Waals surface area contributed by atoms with Crippen molar-refractivity contribution in [3.05, 3.63) is 29.8 Å². The summed E-state index contributed by atoms with van der Waals surface area (Å²) in [6, 6.07) is 7.75. The van der Waals surface area contributed by atoms with Gasteiger partial charge in [-0.25, -0.2) is 0 Å². The summed E-state index contributed by atoms with van der Waals surface area (Å²) >= 11 is 0. The molecule has 0 atom stereocenters. The molecule has 0 saturated heterocycles. The van der Waals surface area contributed by atoms with Crippen LogP contribution in [0.5, 0.6) is 0 Å². The molecule has 10 heavy (non-hydrogen) atoms. The van der Waals surface area contributed by atoms with Gasteiger partial charge in [0.05, 0.1) is 0 Å². The molecule has 0 spiro atoms. The zero-order valence-corrected chi connectivity index (χ0v) is 6.77. The first-order valence-electron chi connectivity index (χ1n) is 3.29. The maximum Gasteiger partial charge on any atom is 0.192 e. The first kappa shape index (κ1) is 7.43. The van der Waals surface area contributed by atoms with Gasteiger partial charge in [-0.1, -0.05) is 25.1 Å². The molecular weight excluding hydrogens is 143 g/mol. The Morgan fingerprint density at radius 1 is 1.40 bits per heavy atom. The van der Waals surface area contributed by atoms with Gasteiger partial charge in [-0.3, -0.25) is 4.57 Å². The Morgan fingerprint density at radius 3 is 2.60 bits per heavy atom. The van der Waals surface area contributed by atoms with Crippen LogP contribution >= 0.6 is 8.46 Å². The van der Waals surface area contributed by atoms with Crippen molar-refractivity contribution in [2.75, 3.05) is 0 Å². The zero-order valence-electron chi connectivity index (χ0n) is 5.87. The van der Waals surface area contributed by atoms with Crippen LogP contribution in [0.15, 0.2) is 24.3 Å². The third-order valence-corrected chi connectivity index (χ3v) is 2.10. The molecule has 1 nitrogen and oxygen atoms in total. The smallest absolute Gasteiger partial charge is 0.192 e. The highest BCUT2D eigenvalue weighted by Crippen LogP contribution is 2.03. The van der Waals surface area contributed by atoms with Gasteiger partial charge in [0.1, 0.15) is 0 Å². The lowest BCUT2D eigenvalue weighted by atomic mass is 10.2. The van der Waals surface area contributed by atoms with Crippen LogP contribution in [-0.2, 0) is 11.0 Å². The number of benzene rings is 1. The van der Waals surface area contributed by atoms with E-state index in [2.05, 4.69) is 6.92 Å². The van der Waals surface area contributed by atoms with Crippen LogP contribution in [0.4, 0.5) is 0 Å². The van der Waals surface area contributed by atoms with E-state index in [0.29, 0.717) is 0 Å². The molecule has 0 fully saturated rings. The van der Waals surface area contributed by atoms with Crippen LogP contribution in [0.2, 0.25) is 0 Å². The van der Waals surface area contributed by atoms with Crippen LogP contribution in [0.3, 0.4) is 0 Å². The van der Waals surface area contributed by atoms with Crippen molar-refractivity contribution >= 4 is 13.8 Å². The second-order valence-electron chi connectivity index (χ2n) is 2.07. The molecule has 0 heterocycles. The summed E-state index contributed by atoms with van der Waals surface area (Å²) in [4.78, 5) is 0. The number of aryl methyl sites for hydroxylation is 1. The summed E-state index contributed by atoms with van der Waals surface area (Å²) in [6.45, 7) is 2.06. The monoisotopic (exact) mass is 152 g/mol. The average molecular weight is 152 g/mol. The van der Waals surface area contributed by atoms with E-state index in [1.165, 1.54) is 5.56 Å². The summed E-state index contributed by atoms with van der Waals surface area (Å²) < 4.78 is 10.5. The van der Waals surface area contributed by atoms with E-state index in [0.717, 1.165) is 11.7 Å². The first-order chi connectivity index (χ1) is 4.88. The Morgan fingerprint density at radius 2 is 2.10 bits per heavy atom. The third kappa shape index (κ3) is 1.43. The van der Waals surface area contributed by atoms with Gasteiger partial charge in [0, 0.05) is 5.30 Å². The van der Waals surface area contributed by atoms with Crippen molar-refractivity contribution in [3.8, 4) is 0 Å². The highest BCUT2D eigenvalue weighted by Gasteiger charge is 1.95. The maximum absolute atomic E-state index is 10.5. The summed E-state index contributed by atoms with van der Waals surface area (Å²) in [5, 5.41) is 0.907. The summed E-state index contributed by atoms with van der Waals surface area (Å²) in [6.07, 6.45) is 0.950. The number of hydrogen-bond acceptors (Lipinski definition) is 1. The predicted octanol–water partition coefficient (Wildman–Crippen LogP) is 2.17. The van der Waals surface area contributed by atoms with Crippen LogP contribution in [0.1, 0.15) is 12.5 Å². The standard InChI is InChI=1S/C8H9OP/c1-2-7-5-3-4-6-8(7)10-9/h3-6H,2H2,1H3. The van der Waals surface area contributed by atoms with Crippen molar-refractivity contribution in [1.29, 1.82) is 0 Å². The molecule has 0 unspecified atom stereocenters. The normalized spacial score (nSPS) is 10.1. The third-order valence-electron chi connectivity index (χ3n) is 1.47. The zero-order chi connectivity index (χ0) is 7.40. The highest BCUT2D eigenvalue weighted by atomic mass is 31.1. The Bertz CT molecular complexity index is 232. The largest absolute Gasteiger partial charge is 0.269 e. The molecule has 52 valence electrons. The minimum atomic E-state index is 0.128. The highest BCUT2D eigenvalue weighted by molar-refractivity contribution is 7.34. The van der Waals surface area contributed by atoms with Gasteiger partial charge in [-0.2, -0.15) is 0 Å². The van der Waals surface area contributed by atoms with Crippen molar-refractivity contribution in [2.45, 2.75) is 13.3 Å². The van der Waals surface area contributed by atoms with Crippen molar-refractivity contribution in [1.82, 2.24) is 0 Å². The second kappa shape index (κ2) is 3.48. The Balaban J connectivity index is 3.08. The molecule has 1 rings (SSSR count). The fourth-order valence-corrected chi connectivity index (χ4v) is 1.40. The lowest BCUT2D eigenvalue weighted by Gasteiger charge is -1.96. The SMILES string of the molecule is CCc1ccccc1P=O. The molecule has 1 aromatic rings. The van der Waals surface area contributed by atoms with E-state index in [1.807, 2.05) is 24.3 Å². The number of hydrogen-bond donors (Lipinski definition) is 0. The van der Waals surface area contributed by atoms with Gasteiger partial charge in [-0.05, 0) is 18.1 Å². The quantitative estimate of drug-likeness (QED) is 0.593. The minimum absolute atomic E-state index is 0.128. The minimum Gasteiger partial charge on any atom is -0.269 e. The van der Waals surface area contributed by atoms with E-state index in [1.54, 1.807) is 0 Å². The molecule has 2 heteroatoms. The Labute approximate surface area is 62.3 Å². The van der Waals surface area contributed by atoms with Gasteiger partial charge >= 0.3 is 0 Å². The van der Waals surface area contributed by atoms with Crippen molar-refractivity contribution < 1.29 is 4.57 Å². The van der Waals surface area contributed by atoms with E-state index in [9.17, 15) is 4.57 Å². The molecule has 1 aromatic carbocycles.